The maximum absolute atomic E-state index is 6.04. The zero-order valence-corrected chi connectivity index (χ0v) is 18.4. The van der Waals surface area contributed by atoms with E-state index < -0.39 is 0 Å². The van der Waals surface area contributed by atoms with Crippen LogP contribution in [0.25, 0.3) is 0 Å². The number of hydrogen-bond acceptors (Lipinski definition) is 5. The molecule has 0 aromatic heterocycles. The summed E-state index contributed by atoms with van der Waals surface area (Å²) in [5.74, 6) is 1.90. The Bertz CT molecular complexity index is 577. The lowest BCUT2D eigenvalue weighted by molar-refractivity contribution is 0.213. The Labute approximate surface area is 171 Å². The molecule has 0 bridgehead atoms. The highest BCUT2D eigenvalue weighted by Crippen LogP contribution is 2.28. The van der Waals surface area contributed by atoms with E-state index in [0.717, 1.165) is 48.7 Å². The van der Waals surface area contributed by atoms with Gasteiger partial charge in [-0.25, -0.2) is 0 Å². The molecule has 0 N–H and O–H groups in total. The second-order valence-corrected chi connectivity index (χ2v) is 7.12. The fourth-order valence-corrected chi connectivity index (χ4v) is 2.99. The van der Waals surface area contributed by atoms with E-state index >= 15 is 0 Å². The Balaban J connectivity index is 2.18. The molecule has 0 saturated heterocycles. The van der Waals surface area contributed by atoms with Crippen molar-refractivity contribution in [1.29, 1.82) is 0 Å². The molecular formula is C23H38N2O3. The summed E-state index contributed by atoms with van der Waals surface area (Å²) in [6.07, 6.45) is 11.8. The number of ether oxygens (including phenoxy) is 2. The van der Waals surface area contributed by atoms with Crippen LogP contribution in [0.5, 0.6) is 11.5 Å². The van der Waals surface area contributed by atoms with Gasteiger partial charge in [0.25, 0.3) is 0 Å². The van der Waals surface area contributed by atoms with E-state index in [4.69, 9.17) is 9.47 Å². The van der Waals surface area contributed by atoms with Crippen LogP contribution in [-0.2, 0) is 4.84 Å². The van der Waals surface area contributed by atoms with Gasteiger partial charge in [0.1, 0.15) is 25.2 Å². The molecule has 0 unspecified atom stereocenters. The Morgan fingerprint density at radius 3 is 2.36 bits per heavy atom. The fourth-order valence-electron chi connectivity index (χ4n) is 2.99. The molecule has 28 heavy (non-hydrogen) atoms. The molecule has 1 aromatic carbocycles. The summed E-state index contributed by atoms with van der Waals surface area (Å²) in [4.78, 5) is 6.92. The Hall–Kier alpha value is -2.01. The summed E-state index contributed by atoms with van der Waals surface area (Å²) >= 11 is 0. The molecule has 5 nitrogen and oxygen atoms in total. The van der Waals surface area contributed by atoms with Crippen molar-refractivity contribution in [2.24, 2.45) is 5.16 Å². The van der Waals surface area contributed by atoms with Crippen molar-refractivity contribution in [3.8, 4) is 11.5 Å². The predicted octanol–water partition coefficient (Wildman–Crippen LogP) is 5.15. The average Bonchev–Trinajstić information content (AvgIpc) is 2.66. The van der Waals surface area contributed by atoms with Crippen molar-refractivity contribution in [3.05, 3.63) is 35.4 Å². The van der Waals surface area contributed by atoms with Gasteiger partial charge in [-0.05, 0) is 70.5 Å². The lowest BCUT2D eigenvalue weighted by Crippen LogP contribution is -2.21. The largest absolute Gasteiger partial charge is 0.493 e. The normalized spacial score (nSPS) is 11.6. The van der Waals surface area contributed by atoms with Gasteiger partial charge in [-0.2, -0.15) is 0 Å². The number of allylic oxidation sites excluding steroid dienone is 1. The summed E-state index contributed by atoms with van der Waals surface area (Å²) in [5, 5.41) is 3.76. The number of rotatable bonds is 15. The number of unbranched alkanes of at least 4 members (excludes halogenated alkanes) is 4. The zero-order chi connectivity index (χ0) is 20.6. The average molecular weight is 391 g/mol. The highest BCUT2D eigenvalue weighted by atomic mass is 16.6. The second kappa shape index (κ2) is 15.0. The maximum atomic E-state index is 6.04. The molecule has 0 aliphatic carbocycles. The highest BCUT2D eigenvalue weighted by Gasteiger charge is 2.07. The van der Waals surface area contributed by atoms with E-state index in [-0.39, 0.29) is 0 Å². The molecule has 5 heteroatoms. The lowest BCUT2D eigenvalue weighted by Gasteiger charge is -2.15. The maximum Gasteiger partial charge on any atom is 0.125 e. The molecule has 1 rings (SSSR count). The van der Waals surface area contributed by atoms with Crippen molar-refractivity contribution in [2.45, 2.75) is 52.9 Å². The number of aryl methyl sites for hydroxylation is 2. The first-order valence-corrected chi connectivity index (χ1v) is 10.3. The van der Waals surface area contributed by atoms with Gasteiger partial charge >= 0.3 is 0 Å². The lowest BCUT2D eigenvalue weighted by atomic mass is 10.1. The number of benzene rings is 1. The van der Waals surface area contributed by atoms with Gasteiger partial charge in [-0.1, -0.05) is 36.6 Å². The standard InChI is InChI=1S/C23H38N2O3/c1-6-7-16-27-22-18-20(2)23(21(3)19-22)28-17-12-10-8-9-11-14-25(4)15-13-24-26-5/h6-7,13,18-19H,8-12,14-17H2,1-5H3/b7-6+,24-13?. The van der Waals surface area contributed by atoms with E-state index in [1.54, 1.807) is 13.3 Å². The predicted molar refractivity (Wildman–Crippen MR) is 118 cm³/mol. The van der Waals surface area contributed by atoms with Gasteiger partial charge < -0.3 is 19.2 Å². The number of oxime groups is 1. The van der Waals surface area contributed by atoms with E-state index in [1.165, 1.54) is 25.7 Å². The van der Waals surface area contributed by atoms with Gasteiger partial charge in [0.15, 0.2) is 0 Å². The molecule has 0 aliphatic rings. The molecule has 0 amide bonds. The van der Waals surface area contributed by atoms with E-state index in [0.29, 0.717) is 6.61 Å². The van der Waals surface area contributed by atoms with Gasteiger partial charge in [0, 0.05) is 6.54 Å². The molecule has 0 heterocycles. The molecule has 0 fully saturated rings. The number of hydrogen-bond donors (Lipinski definition) is 0. The zero-order valence-electron chi connectivity index (χ0n) is 18.4. The van der Waals surface area contributed by atoms with Crippen LogP contribution < -0.4 is 9.47 Å². The highest BCUT2D eigenvalue weighted by molar-refractivity contribution is 5.58. The quantitative estimate of drug-likeness (QED) is 0.180. The molecule has 0 spiro atoms. The van der Waals surface area contributed by atoms with Gasteiger partial charge in [0.05, 0.1) is 12.8 Å². The minimum atomic E-state index is 0.603. The summed E-state index contributed by atoms with van der Waals surface area (Å²) in [6, 6.07) is 4.11. The van der Waals surface area contributed by atoms with Crippen LogP contribution in [-0.4, -0.2) is 51.6 Å². The topological polar surface area (TPSA) is 43.3 Å². The Kier molecular flexibility index (Phi) is 12.9. The van der Waals surface area contributed by atoms with E-state index in [9.17, 15) is 0 Å². The first-order valence-electron chi connectivity index (χ1n) is 10.3. The molecule has 0 saturated carbocycles. The number of nitrogens with zero attached hydrogens (tertiary/aromatic N) is 2. The van der Waals surface area contributed by atoms with E-state index in [2.05, 4.69) is 47.9 Å². The molecule has 158 valence electrons. The minimum absolute atomic E-state index is 0.603. The van der Waals surface area contributed by atoms with Crippen LogP contribution >= 0.6 is 0 Å². The van der Waals surface area contributed by atoms with Crippen LogP contribution in [0.3, 0.4) is 0 Å². The van der Waals surface area contributed by atoms with E-state index in [1.807, 2.05) is 19.1 Å². The Morgan fingerprint density at radius 2 is 1.68 bits per heavy atom. The first kappa shape index (κ1) is 24.0. The smallest absolute Gasteiger partial charge is 0.125 e. The summed E-state index contributed by atoms with van der Waals surface area (Å²) in [6.45, 7) is 9.46. The third-order valence-electron chi connectivity index (χ3n) is 4.52. The SMILES string of the molecule is C/C=C/COc1cc(C)c(OCCCCCCCN(C)CC=NOC)c(C)c1. The van der Waals surface area contributed by atoms with Crippen molar-refractivity contribution >= 4 is 6.21 Å². The molecular weight excluding hydrogens is 352 g/mol. The van der Waals surface area contributed by atoms with Crippen molar-refractivity contribution in [1.82, 2.24) is 4.90 Å². The van der Waals surface area contributed by atoms with Gasteiger partial charge in [-0.3, -0.25) is 0 Å². The molecule has 0 radical (unpaired) electrons. The van der Waals surface area contributed by atoms with Gasteiger partial charge in [0.2, 0.25) is 0 Å². The molecule has 1 aromatic rings. The molecule has 0 atom stereocenters. The monoisotopic (exact) mass is 390 g/mol. The summed E-state index contributed by atoms with van der Waals surface area (Å²) < 4.78 is 11.8. The van der Waals surface area contributed by atoms with Crippen molar-refractivity contribution in [3.63, 3.8) is 0 Å². The van der Waals surface area contributed by atoms with Crippen LogP contribution in [0.2, 0.25) is 0 Å². The van der Waals surface area contributed by atoms with Crippen molar-refractivity contribution in [2.75, 3.05) is 40.5 Å². The second-order valence-electron chi connectivity index (χ2n) is 7.12. The van der Waals surface area contributed by atoms with Crippen LogP contribution in [0, 0.1) is 13.8 Å². The van der Waals surface area contributed by atoms with Crippen LogP contribution in [0.4, 0.5) is 0 Å². The van der Waals surface area contributed by atoms with Crippen molar-refractivity contribution < 1.29 is 14.3 Å². The van der Waals surface area contributed by atoms with Crippen LogP contribution in [0.15, 0.2) is 29.4 Å². The third kappa shape index (κ3) is 10.4. The Morgan fingerprint density at radius 1 is 1.00 bits per heavy atom. The summed E-state index contributed by atoms with van der Waals surface area (Å²) in [7, 11) is 3.68. The first-order chi connectivity index (χ1) is 13.6. The fraction of sp³-hybridized carbons (Fsp3) is 0.609. The minimum Gasteiger partial charge on any atom is -0.493 e. The van der Waals surface area contributed by atoms with Crippen LogP contribution in [0.1, 0.15) is 50.2 Å². The summed E-state index contributed by atoms with van der Waals surface area (Å²) in [5.41, 5.74) is 2.27. The van der Waals surface area contributed by atoms with Gasteiger partial charge in [-0.15, -0.1) is 0 Å². The third-order valence-corrected chi connectivity index (χ3v) is 4.52. The molecule has 0 aliphatic heterocycles.